The van der Waals surface area contributed by atoms with Gasteiger partial charge in [-0.15, -0.1) is 0 Å². The zero-order valence-electron chi connectivity index (χ0n) is 7.34. The predicted octanol–water partition coefficient (Wildman–Crippen LogP) is 3.26. The highest BCUT2D eigenvalue weighted by molar-refractivity contribution is 8.00. The molecule has 0 radical (unpaired) electrons. The van der Waals surface area contributed by atoms with Crippen LogP contribution in [0, 0.1) is 5.82 Å². The number of halogens is 4. The number of alkyl halides is 3. The van der Waals surface area contributed by atoms with Crippen molar-refractivity contribution in [2.75, 3.05) is 5.75 Å². The third-order valence-electron chi connectivity index (χ3n) is 1.51. The number of thioether (sulfide) groups is 1. The summed E-state index contributed by atoms with van der Waals surface area (Å²) in [5, 5.41) is 0. The number of benzene rings is 1. The van der Waals surface area contributed by atoms with Crippen molar-refractivity contribution in [3.05, 3.63) is 35.6 Å². The summed E-state index contributed by atoms with van der Waals surface area (Å²) < 4.78 is 47.9. The van der Waals surface area contributed by atoms with Crippen molar-refractivity contribution in [2.24, 2.45) is 0 Å². The Balaban J connectivity index is 2.62. The molecule has 0 saturated carbocycles. The number of ketones is 1. The van der Waals surface area contributed by atoms with E-state index in [9.17, 15) is 22.4 Å². The highest BCUT2D eigenvalue weighted by Gasteiger charge is 2.29. The van der Waals surface area contributed by atoms with Crippen LogP contribution in [0.2, 0.25) is 0 Å². The van der Waals surface area contributed by atoms with E-state index in [0.717, 1.165) is 12.1 Å². The fraction of sp³-hybridized carbons (Fsp3) is 0.222. The van der Waals surface area contributed by atoms with Crippen molar-refractivity contribution < 1.29 is 22.4 Å². The molecule has 0 spiro atoms. The molecule has 0 aliphatic rings. The van der Waals surface area contributed by atoms with E-state index >= 15 is 0 Å². The van der Waals surface area contributed by atoms with Gasteiger partial charge >= 0.3 is 5.51 Å². The minimum atomic E-state index is -4.44. The Labute approximate surface area is 87.5 Å². The zero-order valence-corrected chi connectivity index (χ0v) is 8.16. The Morgan fingerprint density at radius 1 is 1.33 bits per heavy atom. The molecule has 0 aliphatic heterocycles. The van der Waals surface area contributed by atoms with E-state index in [0.29, 0.717) is 0 Å². The molecule has 1 nitrogen and oxygen atoms in total. The molecular formula is C9H6F4OS. The second-order valence-corrected chi connectivity index (χ2v) is 3.71. The number of carbonyl (C=O) groups is 1. The second-order valence-electron chi connectivity index (χ2n) is 2.67. The number of carbonyl (C=O) groups excluding carboxylic acids is 1. The Morgan fingerprint density at radius 2 is 2.00 bits per heavy atom. The van der Waals surface area contributed by atoms with Gasteiger partial charge in [0.15, 0.2) is 5.78 Å². The highest BCUT2D eigenvalue weighted by atomic mass is 32.2. The summed E-state index contributed by atoms with van der Waals surface area (Å²) in [6.45, 7) is 0. The maximum absolute atomic E-state index is 12.6. The van der Waals surface area contributed by atoms with Gasteiger partial charge < -0.3 is 0 Å². The Kier molecular flexibility index (Phi) is 3.73. The molecule has 0 aliphatic carbocycles. The minimum absolute atomic E-state index is 0.0493. The van der Waals surface area contributed by atoms with E-state index in [1.165, 1.54) is 12.1 Å². The van der Waals surface area contributed by atoms with Gasteiger partial charge in [0.05, 0.1) is 5.75 Å². The molecule has 1 aromatic rings. The largest absolute Gasteiger partial charge is 0.442 e. The van der Waals surface area contributed by atoms with Crippen LogP contribution in [0.25, 0.3) is 0 Å². The van der Waals surface area contributed by atoms with Crippen molar-refractivity contribution >= 4 is 17.5 Å². The molecule has 82 valence electrons. The lowest BCUT2D eigenvalue weighted by molar-refractivity contribution is -0.0327. The lowest BCUT2D eigenvalue weighted by Crippen LogP contribution is -2.09. The molecule has 0 unspecified atom stereocenters. The fourth-order valence-corrected chi connectivity index (χ4v) is 1.35. The first kappa shape index (κ1) is 12.0. The van der Waals surface area contributed by atoms with Gasteiger partial charge in [0.25, 0.3) is 0 Å². The van der Waals surface area contributed by atoms with Crippen molar-refractivity contribution in [2.45, 2.75) is 5.51 Å². The molecule has 6 heteroatoms. The van der Waals surface area contributed by atoms with Crippen LogP contribution < -0.4 is 0 Å². The van der Waals surface area contributed by atoms with Crippen LogP contribution >= 0.6 is 11.8 Å². The summed E-state index contributed by atoms with van der Waals surface area (Å²) in [5.74, 6) is -2.11. The predicted molar refractivity (Wildman–Crippen MR) is 49.2 cm³/mol. The second kappa shape index (κ2) is 4.65. The molecule has 0 heterocycles. The van der Waals surface area contributed by atoms with Gasteiger partial charge in [-0.05, 0) is 23.9 Å². The van der Waals surface area contributed by atoms with Gasteiger partial charge in [0.1, 0.15) is 5.82 Å². The van der Waals surface area contributed by atoms with Crippen molar-refractivity contribution in [1.29, 1.82) is 0 Å². The summed E-state index contributed by atoms with van der Waals surface area (Å²) >= 11 is -0.430. The quantitative estimate of drug-likeness (QED) is 0.594. The average molecular weight is 238 g/mol. The van der Waals surface area contributed by atoms with Crippen LogP contribution in [0.15, 0.2) is 24.3 Å². The Bertz CT molecular complexity index is 361. The number of hydrogen-bond donors (Lipinski definition) is 0. The SMILES string of the molecule is O=C(CSC(F)(F)F)c1cccc(F)c1. The first-order valence-electron chi connectivity index (χ1n) is 3.88. The molecule has 0 fully saturated rings. The molecule has 1 rings (SSSR count). The first-order chi connectivity index (χ1) is 6.88. The monoisotopic (exact) mass is 238 g/mol. The van der Waals surface area contributed by atoms with Gasteiger partial charge in [0, 0.05) is 5.56 Å². The maximum atomic E-state index is 12.6. The summed E-state index contributed by atoms with van der Waals surface area (Å²) in [7, 11) is 0. The van der Waals surface area contributed by atoms with Crippen LogP contribution in [-0.4, -0.2) is 17.0 Å². The number of rotatable bonds is 3. The fourth-order valence-electron chi connectivity index (χ4n) is 0.893. The van der Waals surface area contributed by atoms with E-state index in [4.69, 9.17) is 0 Å². The van der Waals surface area contributed by atoms with Crippen LogP contribution in [0.1, 0.15) is 10.4 Å². The number of hydrogen-bond acceptors (Lipinski definition) is 2. The van der Waals surface area contributed by atoms with Crippen LogP contribution in [0.3, 0.4) is 0 Å². The van der Waals surface area contributed by atoms with Gasteiger partial charge in [-0.25, -0.2) is 4.39 Å². The highest BCUT2D eigenvalue weighted by Crippen LogP contribution is 2.30. The van der Waals surface area contributed by atoms with Crippen LogP contribution in [0.4, 0.5) is 17.6 Å². The molecule has 0 atom stereocenters. The maximum Gasteiger partial charge on any atom is 0.442 e. The smallest absolute Gasteiger partial charge is 0.293 e. The average Bonchev–Trinajstić information content (AvgIpc) is 2.13. The first-order valence-corrected chi connectivity index (χ1v) is 4.86. The third-order valence-corrected chi connectivity index (χ3v) is 2.25. The molecule has 0 aromatic heterocycles. The van der Waals surface area contributed by atoms with Crippen molar-refractivity contribution in [3.8, 4) is 0 Å². The van der Waals surface area contributed by atoms with Gasteiger partial charge in [-0.1, -0.05) is 12.1 Å². The molecule has 0 amide bonds. The summed E-state index contributed by atoms with van der Waals surface area (Å²) in [6, 6.07) is 4.59. The van der Waals surface area contributed by atoms with Crippen LogP contribution in [-0.2, 0) is 0 Å². The molecule has 0 N–H and O–H groups in total. The minimum Gasteiger partial charge on any atom is -0.293 e. The Morgan fingerprint density at radius 3 is 2.53 bits per heavy atom. The third kappa shape index (κ3) is 4.33. The molecule has 15 heavy (non-hydrogen) atoms. The van der Waals surface area contributed by atoms with Crippen molar-refractivity contribution in [1.82, 2.24) is 0 Å². The summed E-state index contributed by atoms with van der Waals surface area (Å²) in [4.78, 5) is 11.2. The molecule has 0 saturated heterocycles. The lowest BCUT2D eigenvalue weighted by Gasteiger charge is -2.04. The van der Waals surface area contributed by atoms with E-state index in [-0.39, 0.29) is 5.56 Å². The van der Waals surface area contributed by atoms with Gasteiger partial charge in [0.2, 0.25) is 0 Å². The number of Topliss-reactive ketones (excluding diaryl/α,β-unsaturated/α-hetero) is 1. The van der Waals surface area contributed by atoms with E-state index in [1.54, 1.807) is 0 Å². The van der Waals surface area contributed by atoms with E-state index in [2.05, 4.69) is 0 Å². The van der Waals surface area contributed by atoms with E-state index in [1.807, 2.05) is 0 Å². The normalized spacial score (nSPS) is 11.5. The van der Waals surface area contributed by atoms with Crippen molar-refractivity contribution in [3.63, 3.8) is 0 Å². The standard InChI is InChI=1S/C9H6F4OS/c10-7-3-1-2-6(4-7)8(14)5-15-9(11,12)13/h1-4H,5H2. The summed E-state index contributed by atoms with van der Waals surface area (Å²) in [6.07, 6.45) is 0. The Hall–Kier alpha value is -1.04. The lowest BCUT2D eigenvalue weighted by atomic mass is 10.1. The van der Waals surface area contributed by atoms with Gasteiger partial charge in [-0.3, -0.25) is 4.79 Å². The zero-order chi connectivity index (χ0) is 11.5. The molecule has 0 bridgehead atoms. The summed E-state index contributed by atoms with van der Waals surface area (Å²) in [5.41, 5.74) is -4.49. The van der Waals surface area contributed by atoms with Crippen LogP contribution in [0.5, 0.6) is 0 Å². The van der Waals surface area contributed by atoms with E-state index < -0.39 is 34.6 Å². The topological polar surface area (TPSA) is 17.1 Å². The van der Waals surface area contributed by atoms with Gasteiger partial charge in [-0.2, -0.15) is 13.2 Å². The molecule has 1 aromatic carbocycles. The molecular weight excluding hydrogens is 232 g/mol.